The molecule has 3 aromatic rings. The molecule has 0 unspecified atom stereocenters. The summed E-state index contributed by atoms with van der Waals surface area (Å²) in [5.41, 5.74) is 1.09. The SMILES string of the molecule is O=c1cc(-c2ccc(O)nc2)oc2ccccc12. The number of aromatic nitrogens is 1. The Bertz CT molecular complexity index is 760. The van der Waals surface area contributed by atoms with E-state index < -0.39 is 0 Å². The molecular weight excluding hydrogens is 230 g/mol. The Morgan fingerprint density at radius 1 is 1.11 bits per heavy atom. The van der Waals surface area contributed by atoms with Crippen LogP contribution in [0.2, 0.25) is 0 Å². The van der Waals surface area contributed by atoms with Gasteiger partial charge in [-0.15, -0.1) is 0 Å². The standard InChI is InChI=1S/C14H9NO3/c16-11-7-13(9-5-6-14(17)15-8-9)18-12-4-2-1-3-10(11)12/h1-8H,(H,15,17). The van der Waals surface area contributed by atoms with Gasteiger partial charge < -0.3 is 9.52 Å². The van der Waals surface area contributed by atoms with Gasteiger partial charge in [-0.25, -0.2) is 4.98 Å². The molecule has 18 heavy (non-hydrogen) atoms. The Kier molecular flexibility index (Phi) is 2.34. The number of para-hydroxylation sites is 1. The predicted molar refractivity (Wildman–Crippen MR) is 67.4 cm³/mol. The maximum absolute atomic E-state index is 11.9. The molecule has 0 aliphatic rings. The van der Waals surface area contributed by atoms with Gasteiger partial charge in [0.15, 0.2) is 5.43 Å². The number of hydrogen-bond donors (Lipinski definition) is 1. The summed E-state index contributed by atoms with van der Waals surface area (Å²) in [6.45, 7) is 0. The molecule has 1 N–H and O–H groups in total. The number of rotatable bonds is 1. The van der Waals surface area contributed by atoms with Gasteiger partial charge in [0.1, 0.15) is 11.3 Å². The monoisotopic (exact) mass is 239 g/mol. The molecule has 0 aliphatic heterocycles. The summed E-state index contributed by atoms with van der Waals surface area (Å²) in [5.74, 6) is 0.369. The molecule has 0 aliphatic carbocycles. The zero-order valence-corrected chi connectivity index (χ0v) is 9.33. The van der Waals surface area contributed by atoms with E-state index in [1.165, 1.54) is 18.3 Å². The van der Waals surface area contributed by atoms with Crippen LogP contribution in [0.1, 0.15) is 0 Å². The third-order valence-electron chi connectivity index (χ3n) is 2.67. The molecule has 2 heterocycles. The lowest BCUT2D eigenvalue weighted by atomic mass is 10.1. The largest absolute Gasteiger partial charge is 0.493 e. The van der Waals surface area contributed by atoms with E-state index in [4.69, 9.17) is 9.52 Å². The maximum Gasteiger partial charge on any atom is 0.210 e. The van der Waals surface area contributed by atoms with E-state index in [0.717, 1.165) is 0 Å². The number of benzene rings is 1. The molecule has 0 fully saturated rings. The fraction of sp³-hybridized carbons (Fsp3) is 0. The molecule has 4 heteroatoms. The van der Waals surface area contributed by atoms with Crippen molar-refractivity contribution in [3.8, 4) is 17.2 Å². The topological polar surface area (TPSA) is 63.3 Å². The molecule has 0 saturated heterocycles. The predicted octanol–water partition coefficient (Wildman–Crippen LogP) is 2.56. The minimum Gasteiger partial charge on any atom is -0.493 e. The first-order valence-corrected chi connectivity index (χ1v) is 5.42. The molecule has 0 spiro atoms. The van der Waals surface area contributed by atoms with E-state index >= 15 is 0 Å². The summed E-state index contributed by atoms with van der Waals surface area (Å²) in [5, 5.41) is 9.68. The molecule has 0 amide bonds. The van der Waals surface area contributed by atoms with Gasteiger partial charge in [-0.05, 0) is 18.2 Å². The number of nitrogens with zero attached hydrogens (tertiary/aromatic N) is 1. The summed E-state index contributed by atoms with van der Waals surface area (Å²) in [7, 11) is 0. The highest BCUT2D eigenvalue weighted by Gasteiger charge is 2.06. The minimum atomic E-state index is -0.0973. The quantitative estimate of drug-likeness (QED) is 0.708. The van der Waals surface area contributed by atoms with Crippen molar-refractivity contribution in [1.29, 1.82) is 0 Å². The first kappa shape index (κ1) is 10.5. The average Bonchev–Trinajstić information content (AvgIpc) is 2.39. The molecular formula is C14H9NO3. The molecule has 1 aromatic carbocycles. The van der Waals surface area contributed by atoms with Crippen LogP contribution in [0.15, 0.2) is 57.9 Å². The average molecular weight is 239 g/mol. The fourth-order valence-corrected chi connectivity index (χ4v) is 1.78. The number of hydrogen-bond acceptors (Lipinski definition) is 4. The minimum absolute atomic E-state index is 0.0677. The Labute approximate surface area is 102 Å². The van der Waals surface area contributed by atoms with Gasteiger partial charge in [0, 0.05) is 23.9 Å². The van der Waals surface area contributed by atoms with Gasteiger partial charge in [-0.1, -0.05) is 12.1 Å². The van der Waals surface area contributed by atoms with Crippen molar-refractivity contribution in [1.82, 2.24) is 4.98 Å². The van der Waals surface area contributed by atoms with Crippen LogP contribution in [0.4, 0.5) is 0 Å². The summed E-state index contributed by atoms with van der Waals surface area (Å²) >= 11 is 0. The number of pyridine rings is 1. The maximum atomic E-state index is 11.9. The van der Waals surface area contributed by atoms with E-state index in [1.54, 1.807) is 24.3 Å². The van der Waals surface area contributed by atoms with Crippen molar-refractivity contribution in [2.75, 3.05) is 0 Å². The van der Waals surface area contributed by atoms with E-state index in [1.807, 2.05) is 6.07 Å². The molecule has 0 bridgehead atoms. The van der Waals surface area contributed by atoms with Crippen LogP contribution in [-0.4, -0.2) is 10.1 Å². The summed E-state index contributed by atoms with van der Waals surface area (Å²) in [6.07, 6.45) is 1.46. The molecule has 0 radical (unpaired) electrons. The highest BCUT2D eigenvalue weighted by molar-refractivity contribution is 5.78. The second kappa shape index (κ2) is 4.00. The second-order valence-electron chi connectivity index (χ2n) is 3.88. The van der Waals surface area contributed by atoms with Crippen molar-refractivity contribution in [2.24, 2.45) is 0 Å². The lowest BCUT2D eigenvalue weighted by Crippen LogP contribution is -1.99. The van der Waals surface area contributed by atoms with Crippen molar-refractivity contribution in [2.45, 2.75) is 0 Å². The Hall–Kier alpha value is -2.62. The van der Waals surface area contributed by atoms with Gasteiger partial charge in [0.25, 0.3) is 0 Å². The number of aromatic hydroxyl groups is 1. The van der Waals surface area contributed by atoms with Crippen LogP contribution in [0.5, 0.6) is 5.88 Å². The van der Waals surface area contributed by atoms with Crippen molar-refractivity contribution in [3.05, 3.63) is 58.9 Å². The van der Waals surface area contributed by atoms with Crippen LogP contribution in [-0.2, 0) is 0 Å². The van der Waals surface area contributed by atoms with E-state index in [2.05, 4.69) is 4.98 Å². The first-order valence-electron chi connectivity index (χ1n) is 5.42. The molecule has 0 atom stereocenters. The zero-order chi connectivity index (χ0) is 12.5. The van der Waals surface area contributed by atoms with Gasteiger partial charge in [-0.3, -0.25) is 4.79 Å². The fourth-order valence-electron chi connectivity index (χ4n) is 1.78. The lowest BCUT2D eigenvalue weighted by molar-refractivity contribution is 0.453. The summed E-state index contributed by atoms with van der Waals surface area (Å²) in [6, 6.07) is 11.6. The van der Waals surface area contributed by atoms with E-state index in [-0.39, 0.29) is 11.3 Å². The normalized spacial score (nSPS) is 10.7. The van der Waals surface area contributed by atoms with Gasteiger partial charge in [-0.2, -0.15) is 0 Å². The molecule has 0 saturated carbocycles. The molecule has 3 rings (SSSR count). The summed E-state index contributed by atoms with van der Waals surface area (Å²) < 4.78 is 5.65. The van der Waals surface area contributed by atoms with Gasteiger partial charge in [0.2, 0.25) is 5.88 Å². The highest BCUT2D eigenvalue weighted by Crippen LogP contribution is 2.22. The van der Waals surface area contributed by atoms with Gasteiger partial charge >= 0.3 is 0 Å². The molecule has 88 valence electrons. The lowest BCUT2D eigenvalue weighted by Gasteiger charge is -2.02. The number of fused-ring (bicyclic) bond motifs is 1. The first-order chi connectivity index (χ1) is 8.74. The van der Waals surface area contributed by atoms with E-state index in [9.17, 15) is 4.79 Å². The van der Waals surface area contributed by atoms with Crippen LogP contribution in [0, 0.1) is 0 Å². The Morgan fingerprint density at radius 2 is 1.94 bits per heavy atom. The van der Waals surface area contributed by atoms with Crippen molar-refractivity contribution < 1.29 is 9.52 Å². The molecule has 4 nitrogen and oxygen atoms in total. The Balaban J connectivity index is 2.24. The third kappa shape index (κ3) is 1.73. The smallest absolute Gasteiger partial charge is 0.210 e. The van der Waals surface area contributed by atoms with Crippen LogP contribution < -0.4 is 5.43 Å². The van der Waals surface area contributed by atoms with Crippen LogP contribution in [0.25, 0.3) is 22.3 Å². The van der Waals surface area contributed by atoms with Crippen LogP contribution in [0.3, 0.4) is 0 Å². The highest BCUT2D eigenvalue weighted by atomic mass is 16.3. The van der Waals surface area contributed by atoms with Crippen LogP contribution >= 0.6 is 0 Å². The zero-order valence-electron chi connectivity index (χ0n) is 9.33. The van der Waals surface area contributed by atoms with E-state index in [0.29, 0.717) is 22.3 Å². The third-order valence-corrected chi connectivity index (χ3v) is 2.67. The Morgan fingerprint density at radius 3 is 2.72 bits per heavy atom. The molecule has 2 aromatic heterocycles. The van der Waals surface area contributed by atoms with Crippen molar-refractivity contribution >= 4 is 11.0 Å². The summed E-state index contributed by atoms with van der Waals surface area (Å²) in [4.78, 5) is 15.7. The van der Waals surface area contributed by atoms with Crippen molar-refractivity contribution in [3.63, 3.8) is 0 Å². The second-order valence-corrected chi connectivity index (χ2v) is 3.88. The van der Waals surface area contributed by atoms with Gasteiger partial charge in [0.05, 0.1) is 5.39 Å².